The Balaban J connectivity index is 1.37. The maximum absolute atomic E-state index is 13.5. The van der Waals surface area contributed by atoms with Crippen molar-refractivity contribution in [2.75, 3.05) is 5.32 Å². The first-order valence-corrected chi connectivity index (χ1v) is 11.7. The number of aryl methyl sites for hydroxylation is 1. The summed E-state index contributed by atoms with van der Waals surface area (Å²) in [4.78, 5) is 40.8. The minimum atomic E-state index is -1.01. The summed E-state index contributed by atoms with van der Waals surface area (Å²) in [6.45, 7) is 1.99. The van der Waals surface area contributed by atoms with Crippen LogP contribution in [0.4, 0.5) is 5.69 Å². The second-order valence-corrected chi connectivity index (χ2v) is 8.66. The molecule has 0 aliphatic carbocycles. The summed E-state index contributed by atoms with van der Waals surface area (Å²) in [6.07, 6.45) is 0.201. The van der Waals surface area contributed by atoms with E-state index >= 15 is 0 Å². The van der Waals surface area contributed by atoms with Gasteiger partial charge in [-0.05, 0) is 66.6 Å². The van der Waals surface area contributed by atoms with Gasteiger partial charge in [-0.1, -0.05) is 54.6 Å². The van der Waals surface area contributed by atoms with Crippen LogP contribution in [-0.2, 0) is 11.2 Å². The van der Waals surface area contributed by atoms with E-state index < -0.39 is 23.8 Å². The quantitative estimate of drug-likeness (QED) is 0.351. The van der Waals surface area contributed by atoms with Crippen LogP contribution in [0.3, 0.4) is 0 Å². The van der Waals surface area contributed by atoms with Crippen LogP contribution in [0.1, 0.15) is 31.8 Å². The first-order chi connectivity index (χ1) is 17.5. The monoisotopic (exact) mass is 476 g/mol. The molecular formula is C30H24N2O4. The number of amides is 3. The van der Waals surface area contributed by atoms with E-state index in [9.17, 15) is 14.4 Å². The third-order valence-corrected chi connectivity index (χ3v) is 6.06. The lowest BCUT2D eigenvalue weighted by Crippen LogP contribution is -2.48. The number of nitrogens with zero attached hydrogens (tertiary/aromatic N) is 1. The van der Waals surface area contributed by atoms with Gasteiger partial charge in [-0.15, -0.1) is 0 Å². The Hall–Kier alpha value is -4.71. The molecule has 1 heterocycles. The highest BCUT2D eigenvalue weighted by Gasteiger charge is 2.42. The molecule has 0 fully saturated rings. The minimum absolute atomic E-state index is 0.201. The van der Waals surface area contributed by atoms with Crippen LogP contribution in [0.5, 0.6) is 11.5 Å². The first kappa shape index (κ1) is 23.1. The van der Waals surface area contributed by atoms with E-state index in [2.05, 4.69) is 5.32 Å². The zero-order chi connectivity index (χ0) is 25.1. The average Bonchev–Trinajstić information content (AvgIpc) is 3.14. The number of benzene rings is 4. The molecular weight excluding hydrogens is 452 g/mol. The molecule has 0 saturated carbocycles. The molecule has 5 rings (SSSR count). The largest absolute Gasteiger partial charge is 0.457 e. The molecule has 0 unspecified atom stereocenters. The Morgan fingerprint density at radius 2 is 1.42 bits per heavy atom. The number of imide groups is 1. The lowest BCUT2D eigenvalue weighted by Gasteiger charge is -2.25. The molecule has 0 bridgehead atoms. The van der Waals surface area contributed by atoms with Gasteiger partial charge in [-0.25, -0.2) is 0 Å². The molecule has 1 aliphatic heterocycles. The summed E-state index contributed by atoms with van der Waals surface area (Å²) in [5, 5.41) is 2.87. The van der Waals surface area contributed by atoms with Crippen molar-refractivity contribution in [2.24, 2.45) is 0 Å². The topological polar surface area (TPSA) is 75.7 Å². The van der Waals surface area contributed by atoms with E-state index in [-0.39, 0.29) is 6.42 Å². The van der Waals surface area contributed by atoms with Crippen LogP contribution in [0.15, 0.2) is 103 Å². The number of fused-ring (bicyclic) bond motifs is 1. The van der Waals surface area contributed by atoms with Crippen LogP contribution >= 0.6 is 0 Å². The lowest BCUT2D eigenvalue weighted by molar-refractivity contribution is -0.119. The number of anilines is 1. The van der Waals surface area contributed by atoms with Crippen LogP contribution in [-0.4, -0.2) is 28.7 Å². The molecule has 4 aromatic rings. The molecule has 0 radical (unpaired) electrons. The van der Waals surface area contributed by atoms with Crippen molar-refractivity contribution in [3.05, 3.63) is 125 Å². The Morgan fingerprint density at radius 3 is 2.06 bits per heavy atom. The zero-order valence-corrected chi connectivity index (χ0v) is 19.7. The number of nitrogens with one attached hydrogen (secondary N) is 1. The van der Waals surface area contributed by atoms with Gasteiger partial charge in [-0.3, -0.25) is 19.3 Å². The fourth-order valence-electron chi connectivity index (χ4n) is 4.28. The second kappa shape index (κ2) is 9.88. The third kappa shape index (κ3) is 4.74. The van der Waals surface area contributed by atoms with Crippen molar-refractivity contribution in [3.8, 4) is 11.5 Å². The fourth-order valence-corrected chi connectivity index (χ4v) is 4.28. The summed E-state index contributed by atoms with van der Waals surface area (Å²) < 4.78 is 5.88. The molecule has 178 valence electrons. The van der Waals surface area contributed by atoms with Gasteiger partial charge in [0.15, 0.2) is 0 Å². The molecule has 1 N–H and O–H groups in total. The SMILES string of the molecule is Cc1cccc(Oc2ccc(NC(=O)[C@H](Cc3ccccc3)N3C(=O)c4ccccc4C3=O)cc2)c1. The van der Waals surface area contributed by atoms with Gasteiger partial charge in [0.05, 0.1) is 11.1 Å². The fraction of sp³-hybridized carbons (Fsp3) is 0.100. The number of rotatable bonds is 7. The van der Waals surface area contributed by atoms with Gasteiger partial charge < -0.3 is 10.1 Å². The predicted octanol–water partition coefficient (Wildman–Crippen LogP) is 5.63. The molecule has 3 amide bonds. The zero-order valence-electron chi connectivity index (χ0n) is 19.7. The normalized spacial score (nSPS) is 13.3. The van der Waals surface area contributed by atoms with E-state index in [4.69, 9.17) is 4.74 Å². The van der Waals surface area contributed by atoms with Crippen molar-refractivity contribution >= 4 is 23.4 Å². The van der Waals surface area contributed by atoms with Gasteiger partial charge in [0.1, 0.15) is 17.5 Å². The molecule has 1 atom stereocenters. The molecule has 1 aliphatic rings. The second-order valence-electron chi connectivity index (χ2n) is 8.66. The van der Waals surface area contributed by atoms with E-state index in [1.54, 1.807) is 48.5 Å². The highest BCUT2D eigenvalue weighted by Crippen LogP contribution is 2.28. The molecule has 6 nitrogen and oxygen atoms in total. The smallest absolute Gasteiger partial charge is 0.262 e. The summed E-state index contributed by atoms with van der Waals surface area (Å²) >= 11 is 0. The van der Waals surface area contributed by atoms with Gasteiger partial charge >= 0.3 is 0 Å². The Bertz CT molecular complexity index is 1400. The van der Waals surface area contributed by atoms with Crippen molar-refractivity contribution in [1.82, 2.24) is 4.90 Å². The van der Waals surface area contributed by atoms with Crippen molar-refractivity contribution in [2.45, 2.75) is 19.4 Å². The van der Waals surface area contributed by atoms with Crippen LogP contribution in [0.25, 0.3) is 0 Å². The third-order valence-electron chi connectivity index (χ3n) is 6.06. The van der Waals surface area contributed by atoms with Crippen LogP contribution in [0.2, 0.25) is 0 Å². The molecule has 0 spiro atoms. The predicted molar refractivity (Wildman–Crippen MR) is 137 cm³/mol. The lowest BCUT2D eigenvalue weighted by atomic mass is 10.0. The van der Waals surface area contributed by atoms with Crippen LogP contribution in [0, 0.1) is 6.92 Å². The number of carbonyl (C=O) groups excluding carboxylic acids is 3. The summed E-state index contributed by atoms with van der Waals surface area (Å²) in [5.41, 5.74) is 3.09. The summed E-state index contributed by atoms with van der Waals surface area (Å²) in [6, 6.07) is 29.7. The highest BCUT2D eigenvalue weighted by molar-refractivity contribution is 6.23. The summed E-state index contributed by atoms with van der Waals surface area (Å²) in [5.74, 6) is -0.0250. The van der Waals surface area contributed by atoms with E-state index in [0.717, 1.165) is 21.8 Å². The number of hydrogen-bond acceptors (Lipinski definition) is 4. The minimum Gasteiger partial charge on any atom is -0.457 e. The molecule has 36 heavy (non-hydrogen) atoms. The van der Waals surface area contributed by atoms with Gasteiger partial charge in [0, 0.05) is 12.1 Å². The van der Waals surface area contributed by atoms with Crippen molar-refractivity contribution < 1.29 is 19.1 Å². The molecule has 0 aromatic heterocycles. The maximum atomic E-state index is 13.5. The Labute approximate surface area is 209 Å². The van der Waals surface area contributed by atoms with Gasteiger partial charge in [-0.2, -0.15) is 0 Å². The van der Waals surface area contributed by atoms with E-state index in [1.165, 1.54) is 0 Å². The van der Waals surface area contributed by atoms with E-state index in [1.807, 2.05) is 61.5 Å². The average molecular weight is 477 g/mol. The van der Waals surface area contributed by atoms with Gasteiger partial charge in [0.2, 0.25) is 5.91 Å². The van der Waals surface area contributed by atoms with Crippen molar-refractivity contribution in [3.63, 3.8) is 0 Å². The number of carbonyl (C=O) groups is 3. The Morgan fingerprint density at radius 1 is 0.778 bits per heavy atom. The standard InChI is InChI=1S/C30H24N2O4/c1-20-8-7-11-24(18-20)36-23-16-14-22(15-17-23)31-28(33)27(19-21-9-3-2-4-10-21)32-29(34)25-12-5-6-13-26(25)30(32)35/h2-18,27H,19H2,1H3,(H,31,33)/t27-/m0/s1. The molecule has 0 saturated heterocycles. The maximum Gasteiger partial charge on any atom is 0.262 e. The summed E-state index contributed by atoms with van der Waals surface area (Å²) in [7, 11) is 0. The van der Waals surface area contributed by atoms with Crippen LogP contribution < -0.4 is 10.1 Å². The molecule has 4 aromatic carbocycles. The van der Waals surface area contributed by atoms with Gasteiger partial charge in [0.25, 0.3) is 11.8 Å². The number of hydrogen-bond donors (Lipinski definition) is 1. The first-order valence-electron chi connectivity index (χ1n) is 11.7. The number of ether oxygens (including phenoxy) is 1. The Kier molecular flexibility index (Phi) is 6.33. The van der Waals surface area contributed by atoms with Crippen molar-refractivity contribution in [1.29, 1.82) is 0 Å². The van der Waals surface area contributed by atoms with E-state index in [0.29, 0.717) is 22.6 Å². The highest BCUT2D eigenvalue weighted by atomic mass is 16.5. The molecule has 6 heteroatoms.